The Bertz CT molecular complexity index is 1320. The third kappa shape index (κ3) is 68.7. The van der Waals surface area contributed by atoms with Crippen LogP contribution < -0.4 is 0 Å². The molecular weight excluding hydrogens is 1010 g/mol. The van der Waals surface area contributed by atoms with Gasteiger partial charge in [0.2, 0.25) is 0 Å². The summed E-state index contributed by atoms with van der Waals surface area (Å²) < 4.78 is 17.0. The molecule has 0 bridgehead atoms. The number of ether oxygens (including phenoxy) is 3. The van der Waals surface area contributed by atoms with Crippen LogP contribution in [0.1, 0.15) is 425 Å². The molecule has 0 aliphatic carbocycles. The molecule has 1 atom stereocenters. The fraction of sp³-hybridized carbons (Fsp3) is 0.908. The lowest BCUT2D eigenvalue weighted by Gasteiger charge is -2.18. The number of carbonyl (C=O) groups is 3. The van der Waals surface area contributed by atoms with Gasteiger partial charge in [0.1, 0.15) is 13.2 Å². The summed E-state index contributed by atoms with van der Waals surface area (Å²) in [5.41, 5.74) is 0. The number of unbranched alkanes of at least 4 members (excludes halogenated alkanes) is 55. The molecule has 82 heavy (non-hydrogen) atoms. The minimum Gasteiger partial charge on any atom is -0.462 e. The van der Waals surface area contributed by atoms with Crippen molar-refractivity contribution in [3.63, 3.8) is 0 Å². The molecule has 0 saturated heterocycles. The van der Waals surface area contributed by atoms with Gasteiger partial charge in [0.15, 0.2) is 6.10 Å². The van der Waals surface area contributed by atoms with Crippen LogP contribution >= 0.6 is 0 Å². The number of carbonyl (C=O) groups excluding carboxylic acids is 3. The van der Waals surface area contributed by atoms with Gasteiger partial charge in [-0.3, -0.25) is 14.4 Å². The summed E-state index contributed by atoms with van der Waals surface area (Å²) in [7, 11) is 0. The minimum absolute atomic E-state index is 0.0696. The molecular formula is C76H144O6. The van der Waals surface area contributed by atoms with E-state index in [9.17, 15) is 14.4 Å². The van der Waals surface area contributed by atoms with E-state index in [4.69, 9.17) is 14.2 Å². The van der Waals surface area contributed by atoms with Gasteiger partial charge in [0.25, 0.3) is 0 Å². The molecule has 484 valence electrons. The van der Waals surface area contributed by atoms with Gasteiger partial charge in [-0.25, -0.2) is 0 Å². The number of hydrogen-bond donors (Lipinski definition) is 0. The topological polar surface area (TPSA) is 78.9 Å². The normalized spacial score (nSPS) is 12.1. The molecule has 6 nitrogen and oxygen atoms in total. The van der Waals surface area contributed by atoms with Crippen LogP contribution in [0.4, 0.5) is 0 Å². The van der Waals surface area contributed by atoms with E-state index in [0.29, 0.717) is 19.3 Å². The zero-order chi connectivity index (χ0) is 59.2. The van der Waals surface area contributed by atoms with Crippen molar-refractivity contribution in [3.8, 4) is 0 Å². The van der Waals surface area contributed by atoms with E-state index in [2.05, 4.69) is 45.1 Å². The first-order chi connectivity index (χ1) is 40.5. The van der Waals surface area contributed by atoms with Crippen LogP contribution in [0.25, 0.3) is 0 Å². The van der Waals surface area contributed by atoms with Crippen molar-refractivity contribution in [1.29, 1.82) is 0 Å². The Labute approximate surface area is 513 Å². The largest absolute Gasteiger partial charge is 0.462 e. The first-order valence-electron chi connectivity index (χ1n) is 37.3. The minimum atomic E-state index is -0.773. The molecule has 0 saturated carbocycles. The highest BCUT2D eigenvalue weighted by Crippen LogP contribution is 2.19. The molecule has 0 amide bonds. The maximum Gasteiger partial charge on any atom is 0.306 e. The molecule has 1 unspecified atom stereocenters. The highest BCUT2D eigenvalue weighted by Gasteiger charge is 2.20. The van der Waals surface area contributed by atoms with E-state index in [1.807, 2.05) is 0 Å². The molecule has 0 aliphatic heterocycles. The van der Waals surface area contributed by atoms with E-state index in [-0.39, 0.29) is 31.1 Å². The Kier molecular flexibility index (Phi) is 69.5. The molecule has 0 rings (SSSR count). The lowest BCUT2D eigenvalue weighted by Crippen LogP contribution is -2.30. The molecule has 0 spiro atoms. The van der Waals surface area contributed by atoms with Crippen LogP contribution in [0.3, 0.4) is 0 Å². The first-order valence-corrected chi connectivity index (χ1v) is 37.3. The fourth-order valence-corrected chi connectivity index (χ4v) is 11.6. The summed E-state index contributed by atoms with van der Waals surface area (Å²) in [5, 5.41) is 0. The van der Waals surface area contributed by atoms with Gasteiger partial charge < -0.3 is 14.2 Å². The highest BCUT2D eigenvalue weighted by atomic mass is 16.6. The van der Waals surface area contributed by atoms with E-state index in [1.165, 1.54) is 315 Å². The van der Waals surface area contributed by atoms with Crippen LogP contribution in [0.2, 0.25) is 0 Å². The van der Waals surface area contributed by atoms with Crippen molar-refractivity contribution in [2.24, 2.45) is 0 Å². The van der Waals surface area contributed by atoms with Crippen LogP contribution in [0.5, 0.6) is 0 Å². The number of esters is 3. The summed E-state index contributed by atoms with van der Waals surface area (Å²) >= 11 is 0. The zero-order valence-corrected chi connectivity index (χ0v) is 55.8. The van der Waals surface area contributed by atoms with Gasteiger partial charge in [-0.1, -0.05) is 366 Å². The van der Waals surface area contributed by atoms with Gasteiger partial charge in [-0.2, -0.15) is 0 Å². The Morgan fingerprint density at radius 2 is 0.427 bits per heavy atom. The Morgan fingerprint density at radius 3 is 0.659 bits per heavy atom. The van der Waals surface area contributed by atoms with Crippen molar-refractivity contribution in [1.82, 2.24) is 0 Å². The highest BCUT2D eigenvalue weighted by molar-refractivity contribution is 5.71. The van der Waals surface area contributed by atoms with Crippen LogP contribution in [0, 0.1) is 0 Å². The molecule has 0 aromatic rings. The second kappa shape index (κ2) is 71.4. The molecule has 0 radical (unpaired) electrons. The van der Waals surface area contributed by atoms with Gasteiger partial charge in [0.05, 0.1) is 0 Å². The van der Waals surface area contributed by atoms with E-state index in [0.717, 1.165) is 70.6 Å². The van der Waals surface area contributed by atoms with Crippen LogP contribution in [-0.2, 0) is 28.6 Å². The maximum atomic E-state index is 12.9. The SMILES string of the molecule is CCC/C=C\CCCCCCCC(=O)OCC(COC(=O)CCCCCCCCCCCCCCCCCCCCCCCCCCCCCCCCCCC)OC(=O)CCCCCCCCCCC/C=C\CCCCCCCCCC. The van der Waals surface area contributed by atoms with E-state index < -0.39 is 6.10 Å². The van der Waals surface area contributed by atoms with Gasteiger partial charge in [-0.15, -0.1) is 0 Å². The van der Waals surface area contributed by atoms with Gasteiger partial charge in [-0.05, 0) is 64.2 Å². The average molecular weight is 1150 g/mol. The lowest BCUT2D eigenvalue weighted by molar-refractivity contribution is -0.167. The Morgan fingerprint density at radius 1 is 0.232 bits per heavy atom. The maximum absolute atomic E-state index is 12.9. The van der Waals surface area contributed by atoms with Crippen molar-refractivity contribution >= 4 is 17.9 Å². The molecule has 0 aromatic heterocycles. The van der Waals surface area contributed by atoms with E-state index in [1.54, 1.807) is 0 Å². The number of rotatable bonds is 70. The van der Waals surface area contributed by atoms with Crippen molar-refractivity contribution in [2.75, 3.05) is 13.2 Å². The summed E-state index contributed by atoms with van der Waals surface area (Å²) in [4.78, 5) is 38.3. The first kappa shape index (κ1) is 79.9. The van der Waals surface area contributed by atoms with Crippen molar-refractivity contribution < 1.29 is 28.6 Å². The standard InChI is InChI=1S/C76H144O6/c1-4-7-10-13-16-19-22-24-26-28-30-32-33-34-35-36-37-38-39-40-41-42-43-45-46-48-50-52-54-57-60-63-66-69-75(78)81-72-73(71-80-74(77)68-65-62-59-56-21-18-15-12-9-6-3)82-76(79)70-67-64-61-58-55-53-51-49-47-44-31-29-27-25-23-20-17-14-11-8-5-2/h12,15,29,31,73H,4-11,13-14,16-28,30,32-72H2,1-3H3/b15-12-,31-29-. The Hall–Kier alpha value is -2.11. The quantitative estimate of drug-likeness (QED) is 0.0261. The summed E-state index contributed by atoms with van der Waals surface area (Å²) in [5.74, 6) is -0.854. The lowest BCUT2D eigenvalue weighted by atomic mass is 10.0. The second-order valence-electron chi connectivity index (χ2n) is 25.6. The third-order valence-electron chi connectivity index (χ3n) is 17.2. The summed E-state index contributed by atoms with van der Waals surface area (Å²) in [6, 6.07) is 0. The number of allylic oxidation sites excluding steroid dienone is 4. The number of hydrogen-bond acceptors (Lipinski definition) is 6. The average Bonchev–Trinajstić information content (AvgIpc) is 3.47. The van der Waals surface area contributed by atoms with Crippen LogP contribution in [0.15, 0.2) is 24.3 Å². The fourth-order valence-electron chi connectivity index (χ4n) is 11.6. The smallest absolute Gasteiger partial charge is 0.306 e. The predicted molar refractivity (Wildman–Crippen MR) is 358 cm³/mol. The molecule has 0 aromatic carbocycles. The molecule has 0 fully saturated rings. The van der Waals surface area contributed by atoms with Crippen molar-refractivity contribution in [3.05, 3.63) is 24.3 Å². The Balaban J connectivity index is 4.04. The third-order valence-corrected chi connectivity index (χ3v) is 17.2. The van der Waals surface area contributed by atoms with Gasteiger partial charge >= 0.3 is 17.9 Å². The molecule has 0 heterocycles. The zero-order valence-electron chi connectivity index (χ0n) is 55.8. The predicted octanol–water partition coefficient (Wildman–Crippen LogP) is 25.7. The summed E-state index contributed by atoms with van der Waals surface area (Å²) in [6.07, 6.45) is 88.2. The monoisotopic (exact) mass is 1150 g/mol. The summed E-state index contributed by atoms with van der Waals surface area (Å²) in [6.45, 7) is 6.65. The van der Waals surface area contributed by atoms with Crippen LogP contribution in [-0.4, -0.2) is 37.2 Å². The van der Waals surface area contributed by atoms with Crippen molar-refractivity contribution in [2.45, 2.75) is 431 Å². The molecule has 0 aliphatic rings. The molecule has 6 heteroatoms. The van der Waals surface area contributed by atoms with Gasteiger partial charge in [0, 0.05) is 19.3 Å². The van der Waals surface area contributed by atoms with E-state index >= 15 is 0 Å². The molecule has 0 N–H and O–H groups in total. The second-order valence-corrected chi connectivity index (χ2v) is 25.6.